The van der Waals surface area contributed by atoms with E-state index in [1.165, 1.54) is 11.8 Å². The monoisotopic (exact) mass is 670 g/mol. The van der Waals surface area contributed by atoms with E-state index < -0.39 is 39.2 Å². The molecule has 2 amide bonds. The second-order valence-electron chi connectivity index (χ2n) is 8.86. The fourth-order valence-corrected chi connectivity index (χ4v) is 5.71. The second kappa shape index (κ2) is 15.5. The van der Waals surface area contributed by atoms with Gasteiger partial charge in [0.25, 0.3) is 5.91 Å². The molecule has 0 heterocycles. The summed E-state index contributed by atoms with van der Waals surface area (Å²) in [7, 11) is 0. The molecule has 0 saturated carbocycles. The first kappa shape index (κ1) is 33.6. The van der Waals surface area contributed by atoms with Crippen LogP contribution in [0, 0.1) is 0 Å². The molecule has 1 unspecified atom stereocenters. The van der Waals surface area contributed by atoms with Gasteiger partial charge in [-0.15, -0.1) is 11.8 Å². The van der Waals surface area contributed by atoms with Crippen molar-refractivity contribution in [3.63, 3.8) is 0 Å². The number of anilines is 2. The highest BCUT2D eigenvalue weighted by Gasteiger charge is 2.29. The average molecular weight is 672 g/mol. The number of rotatable bonds is 12. The Balaban J connectivity index is 1.71. The molecule has 0 bridgehead atoms. The van der Waals surface area contributed by atoms with E-state index >= 15 is 0 Å². The summed E-state index contributed by atoms with van der Waals surface area (Å²) in [5, 5.41) is 13.3. The van der Waals surface area contributed by atoms with E-state index in [-0.39, 0.29) is 21.0 Å². The summed E-state index contributed by atoms with van der Waals surface area (Å²) in [6.45, 7) is 4.23. The normalized spacial score (nSPS) is 11.5. The number of hydrogen-bond acceptors (Lipinski definition) is 6. The maximum atomic E-state index is 13.1. The molecule has 0 aromatic heterocycles. The van der Waals surface area contributed by atoms with Gasteiger partial charge in [0.1, 0.15) is 0 Å². The van der Waals surface area contributed by atoms with Crippen molar-refractivity contribution in [2.45, 2.75) is 43.3 Å². The zero-order chi connectivity index (χ0) is 31.0. The Hall–Kier alpha value is -2.95. The molecule has 0 aliphatic heterocycles. The van der Waals surface area contributed by atoms with Crippen LogP contribution in [0.25, 0.3) is 0 Å². The molecule has 0 fully saturated rings. The van der Waals surface area contributed by atoms with Crippen molar-refractivity contribution in [3.05, 3.63) is 85.3 Å². The number of halogens is 4. The van der Waals surface area contributed by atoms with Gasteiger partial charge in [0.15, 0.2) is 0 Å². The Kier molecular flexibility index (Phi) is 12.4. The van der Waals surface area contributed by atoms with Gasteiger partial charge in [-0.25, -0.2) is 9.59 Å². The van der Waals surface area contributed by atoms with Crippen molar-refractivity contribution in [1.29, 1.82) is 0 Å². The molecule has 0 saturated heterocycles. The lowest BCUT2D eigenvalue weighted by Crippen LogP contribution is -2.24. The topological polar surface area (TPSA) is 122 Å². The van der Waals surface area contributed by atoms with Crippen LogP contribution in [0.1, 0.15) is 64.2 Å². The molecule has 222 valence electrons. The van der Waals surface area contributed by atoms with Crippen LogP contribution in [-0.2, 0) is 9.53 Å². The number of thioether (sulfide) groups is 1. The molecule has 0 aliphatic rings. The van der Waals surface area contributed by atoms with Crippen molar-refractivity contribution < 1.29 is 29.0 Å². The summed E-state index contributed by atoms with van der Waals surface area (Å²) in [5.74, 6) is -3.03. The lowest BCUT2D eigenvalue weighted by molar-refractivity contribution is -0.115. The number of carboxylic acid groups (broad SMARTS) is 1. The Morgan fingerprint density at radius 3 is 2.10 bits per heavy atom. The Bertz CT molecular complexity index is 1500. The maximum absolute atomic E-state index is 13.1. The number of nitrogens with one attached hydrogen (secondary N) is 2. The second-order valence-corrected chi connectivity index (χ2v) is 11.7. The van der Waals surface area contributed by atoms with Gasteiger partial charge in [0.2, 0.25) is 5.91 Å². The number of ether oxygens (including phenoxy) is 1. The minimum Gasteiger partial charge on any atom is -0.478 e. The van der Waals surface area contributed by atoms with E-state index in [1.807, 2.05) is 13.8 Å². The van der Waals surface area contributed by atoms with Gasteiger partial charge >= 0.3 is 11.9 Å². The van der Waals surface area contributed by atoms with Crippen LogP contribution >= 0.6 is 58.2 Å². The highest BCUT2D eigenvalue weighted by atomic mass is 35.5. The average Bonchev–Trinajstić information content (AvgIpc) is 2.96. The minimum absolute atomic E-state index is 0.249. The van der Waals surface area contributed by atoms with Crippen LogP contribution in [0.4, 0.5) is 11.4 Å². The Morgan fingerprint density at radius 2 is 1.50 bits per heavy atom. The Labute approximate surface area is 267 Å². The van der Waals surface area contributed by atoms with Gasteiger partial charge in [-0.05, 0) is 55.3 Å². The van der Waals surface area contributed by atoms with Crippen molar-refractivity contribution in [1.82, 2.24) is 0 Å². The zero-order valence-corrected chi connectivity index (χ0v) is 26.3. The minimum atomic E-state index is -1.51. The molecular weight excluding hydrogens is 646 g/mol. The number of aromatic carboxylic acids is 1. The summed E-state index contributed by atoms with van der Waals surface area (Å²) in [5.41, 5.74) is 0.216. The number of carbonyl (C=O) groups is 4. The van der Waals surface area contributed by atoms with Crippen molar-refractivity contribution >= 4 is 93.3 Å². The van der Waals surface area contributed by atoms with Gasteiger partial charge in [0.05, 0.1) is 48.6 Å². The van der Waals surface area contributed by atoms with Crippen molar-refractivity contribution in [3.8, 4) is 0 Å². The predicted octanol–water partition coefficient (Wildman–Crippen LogP) is 8.72. The lowest BCUT2D eigenvalue weighted by Gasteiger charge is -2.16. The van der Waals surface area contributed by atoms with Crippen molar-refractivity contribution in [2.75, 3.05) is 17.2 Å². The molecule has 1 atom stereocenters. The first-order chi connectivity index (χ1) is 20.0. The van der Waals surface area contributed by atoms with Crippen LogP contribution < -0.4 is 10.6 Å². The van der Waals surface area contributed by atoms with Crippen LogP contribution in [0.5, 0.6) is 0 Å². The fraction of sp³-hybridized carbons (Fsp3) is 0.241. The summed E-state index contributed by atoms with van der Waals surface area (Å²) < 4.78 is 5.20. The van der Waals surface area contributed by atoms with Crippen LogP contribution in [0.15, 0.2) is 53.4 Å². The third-order valence-electron chi connectivity index (χ3n) is 5.86. The summed E-state index contributed by atoms with van der Waals surface area (Å²) >= 11 is 25.5. The van der Waals surface area contributed by atoms with Gasteiger partial charge in [-0.3, -0.25) is 9.59 Å². The van der Waals surface area contributed by atoms with E-state index in [0.29, 0.717) is 34.9 Å². The van der Waals surface area contributed by atoms with Crippen LogP contribution in [0.3, 0.4) is 0 Å². The van der Waals surface area contributed by atoms with Gasteiger partial charge in [-0.2, -0.15) is 0 Å². The lowest BCUT2D eigenvalue weighted by atomic mass is 10.1. The molecule has 42 heavy (non-hydrogen) atoms. The summed E-state index contributed by atoms with van der Waals surface area (Å²) in [6.07, 6.45) is 2.20. The van der Waals surface area contributed by atoms with E-state index in [1.54, 1.807) is 48.5 Å². The molecule has 13 heteroatoms. The number of carboxylic acids is 1. The molecular formula is C29H26Cl4N2O6S. The molecule has 3 aromatic carbocycles. The van der Waals surface area contributed by atoms with Crippen LogP contribution in [0.2, 0.25) is 20.1 Å². The number of unbranched alkanes of at least 4 members (excludes halogenated alkanes) is 1. The van der Waals surface area contributed by atoms with Crippen molar-refractivity contribution in [2.24, 2.45) is 0 Å². The molecule has 0 radical (unpaired) electrons. The molecule has 3 N–H and O–H groups in total. The highest BCUT2D eigenvalue weighted by Crippen LogP contribution is 2.42. The van der Waals surface area contributed by atoms with Gasteiger partial charge in [0, 0.05) is 16.3 Å². The van der Waals surface area contributed by atoms with E-state index in [4.69, 9.17) is 51.1 Å². The molecule has 8 nitrogen and oxygen atoms in total. The standard InChI is InChI=1S/C29H26Cl4N2O6S/c1-3-5-13-41-29(40)15-9-11-16(12-10-15)34-26(36)19(4-2)42-18-8-6-7-17(14-18)35-27(37)20-21(28(38)39)23(31)25(33)24(32)22(20)30/h6-12,14,19H,3-5,13H2,1-2H3,(H,34,36)(H,35,37)(H,38,39). The molecule has 0 spiro atoms. The SMILES string of the molecule is CCCCOC(=O)c1ccc(NC(=O)C(CC)Sc2cccc(NC(=O)c3c(Cl)c(Cl)c(Cl)c(Cl)c3C(=O)O)c2)cc1. The molecule has 3 rings (SSSR count). The molecule has 3 aromatic rings. The highest BCUT2D eigenvalue weighted by molar-refractivity contribution is 8.00. The first-order valence-corrected chi connectivity index (χ1v) is 15.1. The summed E-state index contributed by atoms with van der Waals surface area (Å²) in [6, 6.07) is 13.1. The zero-order valence-electron chi connectivity index (χ0n) is 22.4. The summed E-state index contributed by atoms with van der Waals surface area (Å²) in [4.78, 5) is 50.7. The number of carbonyl (C=O) groups excluding carboxylic acids is 3. The van der Waals surface area contributed by atoms with Crippen LogP contribution in [-0.4, -0.2) is 40.7 Å². The number of amides is 2. The third-order valence-corrected chi connectivity index (χ3v) is 9.02. The van der Waals surface area contributed by atoms with E-state index in [2.05, 4.69) is 10.6 Å². The number of esters is 1. The largest absolute Gasteiger partial charge is 0.478 e. The van der Waals surface area contributed by atoms with E-state index in [0.717, 1.165) is 12.8 Å². The number of hydrogen-bond donors (Lipinski definition) is 3. The van der Waals surface area contributed by atoms with E-state index in [9.17, 15) is 24.3 Å². The molecule has 0 aliphatic carbocycles. The number of benzene rings is 3. The maximum Gasteiger partial charge on any atom is 0.338 e. The van der Waals surface area contributed by atoms with Gasteiger partial charge < -0.3 is 20.5 Å². The smallest absolute Gasteiger partial charge is 0.338 e. The fourth-order valence-electron chi connectivity index (χ4n) is 3.68. The first-order valence-electron chi connectivity index (χ1n) is 12.7. The third kappa shape index (κ3) is 8.33. The van der Waals surface area contributed by atoms with Gasteiger partial charge in [-0.1, -0.05) is 72.7 Å². The quantitative estimate of drug-likeness (QED) is 0.0579. The Morgan fingerprint density at radius 1 is 0.857 bits per heavy atom. The predicted molar refractivity (Wildman–Crippen MR) is 168 cm³/mol.